The average Bonchev–Trinajstić information content (AvgIpc) is 2.71. The lowest BCUT2D eigenvalue weighted by Crippen LogP contribution is -2.33. The van der Waals surface area contributed by atoms with Crippen LogP contribution in [0.5, 0.6) is 0 Å². The van der Waals surface area contributed by atoms with Crippen LogP contribution in [-0.2, 0) is 4.79 Å². The molecule has 1 aliphatic carbocycles. The largest absolute Gasteiger partial charge is 0.358 e. The van der Waals surface area contributed by atoms with Crippen molar-refractivity contribution in [1.29, 1.82) is 0 Å². The van der Waals surface area contributed by atoms with Gasteiger partial charge in [-0.25, -0.2) is 0 Å². The Kier molecular flexibility index (Phi) is 4.28. The Bertz CT molecular complexity index is 1160. The van der Waals surface area contributed by atoms with Crippen LogP contribution in [0.15, 0.2) is 70.9 Å². The number of hydrogen-bond acceptors (Lipinski definition) is 4. The molecule has 2 aromatic carbocycles. The van der Waals surface area contributed by atoms with Gasteiger partial charge in [0.15, 0.2) is 5.78 Å². The number of ketones is 1. The lowest BCUT2D eigenvalue weighted by molar-refractivity contribution is -0.118. The van der Waals surface area contributed by atoms with E-state index in [4.69, 9.17) is 0 Å². The zero-order valence-electron chi connectivity index (χ0n) is 17.0. The molecule has 0 radical (unpaired) electrons. The van der Waals surface area contributed by atoms with E-state index in [2.05, 4.69) is 72.9 Å². The summed E-state index contributed by atoms with van der Waals surface area (Å²) >= 11 is 1.73. The first-order valence-electron chi connectivity index (χ1n) is 10.0. The number of allylic oxidation sites excluding steroid dienone is 2. The molecule has 0 fully saturated rings. The number of pyridine rings is 1. The van der Waals surface area contributed by atoms with E-state index >= 15 is 0 Å². The van der Waals surface area contributed by atoms with Crippen LogP contribution in [0, 0.1) is 5.41 Å². The number of benzene rings is 2. The predicted octanol–water partition coefficient (Wildman–Crippen LogP) is 6.16. The van der Waals surface area contributed by atoms with E-state index in [9.17, 15) is 4.79 Å². The lowest BCUT2D eigenvalue weighted by Gasteiger charge is -2.40. The van der Waals surface area contributed by atoms with Crippen LogP contribution in [0.1, 0.15) is 43.7 Å². The number of carbonyl (C=O) groups is 1. The topological polar surface area (TPSA) is 42.0 Å². The van der Waals surface area contributed by atoms with Gasteiger partial charge in [-0.3, -0.25) is 9.78 Å². The quantitative estimate of drug-likeness (QED) is 0.523. The van der Waals surface area contributed by atoms with Crippen molar-refractivity contribution in [3.05, 3.63) is 77.1 Å². The Morgan fingerprint density at radius 2 is 1.86 bits per heavy atom. The molecular formula is C25H24N2OS. The number of anilines is 1. The fourth-order valence-electron chi connectivity index (χ4n) is 4.81. The molecule has 0 saturated heterocycles. The number of nitrogens with zero attached hydrogens (tertiary/aromatic N) is 1. The van der Waals surface area contributed by atoms with Gasteiger partial charge in [-0.05, 0) is 59.6 Å². The van der Waals surface area contributed by atoms with E-state index < -0.39 is 0 Å². The van der Waals surface area contributed by atoms with Crippen molar-refractivity contribution in [2.24, 2.45) is 5.41 Å². The number of thioether (sulfide) groups is 1. The highest BCUT2D eigenvalue weighted by Crippen LogP contribution is 2.50. The van der Waals surface area contributed by atoms with E-state index in [0.717, 1.165) is 34.3 Å². The first-order valence-corrected chi connectivity index (χ1v) is 11.2. The molecule has 0 spiro atoms. The van der Waals surface area contributed by atoms with Crippen LogP contribution >= 0.6 is 11.8 Å². The Morgan fingerprint density at radius 3 is 2.62 bits per heavy atom. The van der Waals surface area contributed by atoms with Crippen LogP contribution in [0.4, 0.5) is 5.69 Å². The van der Waals surface area contributed by atoms with Gasteiger partial charge in [0, 0.05) is 45.8 Å². The third-order valence-corrected chi connectivity index (χ3v) is 6.80. The van der Waals surface area contributed by atoms with Crippen molar-refractivity contribution in [2.75, 3.05) is 11.6 Å². The summed E-state index contributed by atoms with van der Waals surface area (Å²) in [5, 5.41) is 4.74. The van der Waals surface area contributed by atoms with Gasteiger partial charge in [0.05, 0.1) is 5.52 Å². The Labute approximate surface area is 175 Å². The highest BCUT2D eigenvalue weighted by molar-refractivity contribution is 7.98. The number of hydrogen-bond donors (Lipinski definition) is 1. The molecule has 1 aliphatic heterocycles. The Morgan fingerprint density at radius 1 is 1.07 bits per heavy atom. The second kappa shape index (κ2) is 6.74. The molecule has 0 bridgehead atoms. The van der Waals surface area contributed by atoms with Crippen LogP contribution in [0.25, 0.3) is 10.9 Å². The van der Waals surface area contributed by atoms with E-state index in [-0.39, 0.29) is 17.1 Å². The second-order valence-corrected chi connectivity index (χ2v) is 9.64. The summed E-state index contributed by atoms with van der Waals surface area (Å²) < 4.78 is 0. The van der Waals surface area contributed by atoms with Crippen molar-refractivity contribution in [3.8, 4) is 0 Å². The van der Waals surface area contributed by atoms with E-state index in [1.165, 1.54) is 16.0 Å². The minimum atomic E-state index is -0.0614. The van der Waals surface area contributed by atoms with E-state index in [1.54, 1.807) is 11.8 Å². The molecule has 0 saturated carbocycles. The smallest absolute Gasteiger partial charge is 0.162 e. The van der Waals surface area contributed by atoms with Crippen molar-refractivity contribution in [2.45, 2.75) is 37.5 Å². The van der Waals surface area contributed by atoms with Crippen LogP contribution in [-0.4, -0.2) is 17.0 Å². The third kappa shape index (κ3) is 3.06. The van der Waals surface area contributed by atoms with Gasteiger partial charge < -0.3 is 5.32 Å². The highest BCUT2D eigenvalue weighted by Gasteiger charge is 2.41. The normalized spacial score (nSPS) is 20.2. The maximum atomic E-state index is 13.4. The van der Waals surface area contributed by atoms with Crippen LogP contribution < -0.4 is 5.32 Å². The molecule has 4 heteroatoms. The zero-order chi connectivity index (χ0) is 20.2. The number of fused-ring (bicyclic) bond motifs is 3. The fourth-order valence-corrected chi connectivity index (χ4v) is 5.22. The number of nitrogens with one attached hydrogen (secondary N) is 1. The van der Waals surface area contributed by atoms with Crippen molar-refractivity contribution in [1.82, 2.24) is 4.98 Å². The number of carbonyl (C=O) groups excluding carboxylic acids is 1. The minimum Gasteiger partial charge on any atom is -0.358 e. The van der Waals surface area contributed by atoms with Crippen molar-refractivity contribution in [3.63, 3.8) is 0 Å². The Balaban J connectivity index is 1.79. The van der Waals surface area contributed by atoms with E-state index in [1.807, 2.05) is 12.3 Å². The number of aromatic nitrogens is 1. The van der Waals surface area contributed by atoms with Gasteiger partial charge in [-0.15, -0.1) is 11.8 Å². The fraction of sp³-hybridized carbons (Fsp3) is 0.280. The lowest BCUT2D eigenvalue weighted by atomic mass is 9.68. The minimum absolute atomic E-state index is 0.0217. The molecule has 2 aliphatic rings. The molecule has 3 nitrogen and oxygen atoms in total. The molecule has 1 aromatic heterocycles. The van der Waals surface area contributed by atoms with Crippen molar-refractivity contribution < 1.29 is 4.79 Å². The molecule has 146 valence electrons. The predicted molar refractivity (Wildman–Crippen MR) is 120 cm³/mol. The maximum absolute atomic E-state index is 13.4. The first kappa shape index (κ1) is 18.4. The van der Waals surface area contributed by atoms with Crippen LogP contribution in [0.2, 0.25) is 0 Å². The van der Waals surface area contributed by atoms with Gasteiger partial charge in [0.25, 0.3) is 0 Å². The summed E-state index contributed by atoms with van der Waals surface area (Å²) in [6, 6.07) is 16.9. The average molecular weight is 401 g/mol. The summed E-state index contributed by atoms with van der Waals surface area (Å²) in [5.41, 5.74) is 6.39. The summed E-state index contributed by atoms with van der Waals surface area (Å²) in [6.45, 7) is 4.36. The highest BCUT2D eigenvalue weighted by atomic mass is 32.2. The molecule has 0 unspecified atom stereocenters. The second-order valence-electron chi connectivity index (χ2n) is 8.76. The van der Waals surface area contributed by atoms with Gasteiger partial charge in [0.2, 0.25) is 0 Å². The van der Waals surface area contributed by atoms with Crippen molar-refractivity contribution >= 4 is 34.1 Å². The van der Waals surface area contributed by atoms with Gasteiger partial charge >= 0.3 is 0 Å². The van der Waals surface area contributed by atoms with Gasteiger partial charge in [-0.2, -0.15) is 0 Å². The molecular weight excluding hydrogens is 376 g/mol. The summed E-state index contributed by atoms with van der Waals surface area (Å²) in [5.74, 6) is 0.197. The molecule has 2 heterocycles. The van der Waals surface area contributed by atoms with Gasteiger partial charge in [0.1, 0.15) is 0 Å². The molecule has 0 amide bonds. The number of Topliss-reactive ketones (excluding diaryl/α,β-unsaturated/α-hetero) is 1. The molecule has 29 heavy (non-hydrogen) atoms. The number of rotatable bonds is 2. The van der Waals surface area contributed by atoms with E-state index in [0.29, 0.717) is 6.42 Å². The first-order chi connectivity index (χ1) is 14.0. The maximum Gasteiger partial charge on any atom is 0.162 e. The molecule has 1 atom stereocenters. The summed E-state index contributed by atoms with van der Waals surface area (Å²) in [4.78, 5) is 19.2. The standard InChI is InChI=1S/C25H24N2OS/c1-25(2)13-20-24(21(28)14-25)22(15-6-8-16(29-3)9-7-15)23-17-5-4-12-26-18(17)10-11-19(23)27-20/h4-12,22,27H,13-14H2,1-3H3/t22-/m0/s1. The third-order valence-electron chi connectivity index (χ3n) is 6.06. The molecule has 1 N–H and O–H groups in total. The summed E-state index contributed by atoms with van der Waals surface area (Å²) in [7, 11) is 0. The zero-order valence-corrected chi connectivity index (χ0v) is 17.8. The van der Waals surface area contributed by atoms with Gasteiger partial charge in [-0.1, -0.05) is 32.0 Å². The molecule has 5 rings (SSSR count). The Hall–Kier alpha value is -2.59. The monoisotopic (exact) mass is 400 g/mol. The van der Waals surface area contributed by atoms with Crippen LogP contribution in [0.3, 0.4) is 0 Å². The summed E-state index contributed by atoms with van der Waals surface area (Å²) in [6.07, 6.45) is 5.39. The molecule has 3 aromatic rings. The SMILES string of the molecule is CSc1ccc([C@@H]2C3=C(CC(C)(C)CC3=O)Nc3ccc4ncccc4c32)cc1.